The molecule has 1 aliphatic rings. The standard InChI is InChI=1S/C19H23N3O/c1-14-3-5-15(6-4-14)16-9-17(11-21-10-16)18(23)22-8-7-19(2,12-20)13-22/h3-6,9-11H,7-8,12-13,20H2,1-2H3. The van der Waals surface area contributed by atoms with Crippen LogP contribution >= 0.6 is 0 Å². The Morgan fingerprint density at radius 3 is 2.65 bits per heavy atom. The van der Waals surface area contributed by atoms with Crippen LogP contribution in [-0.4, -0.2) is 35.4 Å². The number of carbonyl (C=O) groups is 1. The molecule has 0 radical (unpaired) electrons. The lowest BCUT2D eigenvalue weighted by Crippen LogP contribution is -2.34. The maximum atomic E-state index is 12.7. The van der Waals surface area contributed by atoms with E-state index in [1.807, 2.05) is 11.0 Å². The minimum absolute atomic E-state index is 0.0393. The normalized spacial score (nSPS) is 20.7. The molecule has 4 heteroatoms. The molecule has 0 spiro atoms. The van der Waals surface area contributed by atoms with Crippen LogP contribution < -0.4 is 5.73 Å². The highest BCUT2D eigenvalue weighted by molar-refractivity contribution is 5.95. The quantitative estimate of drug-likeness (QED) is 0.948. The molecular weight excluding hydrogens is 286 g/mol. The lowest BCUT2D eigenvalue weighted by molar-refractivity contribution is 0.0776. The third-order valence-corrected chi connectivity index (χ3v) is 4.71. The van der Waals surface area contributed by atoms with Gasteiger partial charge in [-0.1, -0.05) is 36.8 Å². The van der Waals surface area contributed by atoms with Gasteiger partial charge in [0, 0.05) is 31.0 Å². The highest BCUT2D eigenvalue weighted by Crippen LogP contribution is 2.30. The first-order chi connectivity index (χ1) is 11.0. The summed E-state index contributed by atoms with van der Waals surface area (Å²) in [4.78, 5) is 18.9. The molecule has 1 fully saturated rings. The van der Waals surface area contributed by atoms with Gasteiger partial charge >= 0.3 is 0 Å². The predicted molar refractivity (Wildman–Crippen MR) is 92.1 cm³/mol. The summed E-state index contributed by atoms with van der Waals surface area (Å²) >= 11 is 0. The highest BCUT2D eigenvalue weighted by atomic mass is 16.2. The Morgan fingerprint density at radius 2 is 2.00 bits per heavy atom. The molecule has 0 bridgehead atoms. The largest absolute Gasteiger partial charge is 0.338 e. The van der Waals surface area contributed by atoms with E-state index in [9.17, 15) is 4.79 Å². The molecule has 120 valence electrons. The van der Waals surface area contributed by atoms with Gasteiger partial charge in [0.1, 0.15) is 0 Å². The van der Waals surface area contributed by atoms with Gasteiger partial charge in [-0.2, -0.15) is 0 Å². The fraction of sp³-hybridized carbons (Fsp3) is 0.368. The van der Waals surface area contributed by atoms with Gasteiger partial charge < -0.3 is 10.6 Å². The van der Waals surface area contributed by atoms with Crippen molar-refractivity contribution in [1.29, 1.82) is 0 Å². The van der Waals surface area contributed by atoms with Gasteiger partial charge in [0.05, 0.1) is 5.56 Å². The zero-order valence-electron chi connectivity index (χ0n) is 13.7. The fourth-order valence-electron chi connectivity index (χ4n) is 3.01. The number of nitrogens with two attached hydrogens (primary N) is 1. The van der Waals surface area contributed by atoms with Crippen molar-refractivity contribution in [1.82, 2.24) is 9.88 Å². The summed E-state index contributed by atoms with van der Waals surface area (Å²) in [7, 11) is 0. The minimum atomic E-state index is 0.0393. The van der Waals surface area contributed by atoms with E-state index >= 15 is 0 Å². The van der Waals surface area contributed by atoms with E-state index < -0.39 is 0 Å². The van der Waals surface area contributed by atoms with Crippen molar-refractivity contribution in [3.63, 3.8) is 0 Å². The van der Waals surface area contributed by atoms with Crippen LogP contribution in [0.5, 0.6) is 0 Å². The van der Waals surface area contributed by atoms with Crippen LogP contribution in [0.1, 0.15) is 29.3 Å². The number of nitrogens with zero attached hydrogens (tertiary/aromatic N) is 2. The molecule has 1 unspecified atom stereocenters. The van der Waals surface area contributed by atoms with Gasteiger partial charge in [-0.05, 0) is 36.9 Å². The molecule has 1 aromatic heterocycles. The first kappa shape index (κ1) is 15.7. The molecule has 1 aliphatic heterocycles. The number of hydrogen-bond donors (Lipinski definition) is 1. The highest BCUT2D eigenvalue weighted by Gasteiger charge is 2.35. The predicted octanol–water partition coefficient (Wildman–Crippen LogP) is 2.87. The lowest BCUT2D eigenvalue weighted by Gasteiger charge is -2.22. The van der Waals surface area contributed by atoms with Gasteiger partial charge in [-0.15, -0.1) is 0 Å². The van der Waals surface area contributed by atoms with Gasteiger partial charge in [0.25, 0.3) is 5.91 Å². The Balaban J connectivity index is 1.82. The molecule has 0 aliphatic carbocycles. The minimum Gasteiger partial charge on any atom is -0.338 e. The third kappa shape index (κ3) is 3.27. The maximum Gasteiger partial charge on any atom is 0.255 e. The van der Waals surface area contributed by atoms with Crippen molar-refractivity contribution in [3.05, 3.63) is 53.9 Å². The number of pyridine rings is 1. The molecule has 2 heterocycles. The molecule has 4 nitrogen and oxygen atoms in total. The van der Waals surface area contributed by atoms with Crippen molar-refractivity contribution in [2.75, 3.05) is 19.6 Å². The van der Waals surface area contributed by atoms with Gasteiger partial charge in [0.2, 0.25) is 0 Å². The van der Waals surface area contributed by atoms with Crippen LogP contribution in [0.4, 0.5) is 0 Å². The van der Waals surface area contributed by atoms with Gasteiger partial charge in [-0.3, -0.25) is 9.78 Å². The first-order valence-corrected chi connectivity index (χ1v) is 8.02. The second-order valence-electron chi connectivity index (χ2n) is 6.82. The maximum absolute atomic E-state index is 12.7. The number of aromatic nitrogens is 1. The van der Waals surface area contributed by atoms with Crippen molar-refractivity contribution >= 4 is 5.91 Å². The van der Waals surface area contributed by atoms with Crippen LogP contribution in [0, 0.1) is 12.3 Å². The van der Waals surface area contributed by atoms with Gasteiger partial charge in [-0.25, -0.2) is 0 Å². The zero-order valence-corrected chi connectivity index (χ0v) is 13.7. The Morgan fingerprint density at radius 1 is 1.26 bits per heavy atom. The molecule has 1 amide bonds. The summed E-state index contributed by atoms with van der Waals surface area (Å²) in [6.07, 6.45) is 4.41. The summed E-state index contributed by atoms with van der Waals surface area (Å²) < 4.78 is 0. The Labute approximate surface area is 137 Å². The second-order valence-corrected chi connectivity index (χ2v) is 6.82. The Hall–Kier alpha value is -2.20. The molecule has 0 saturated carbocycles. The molecule has 3 rings (SSSR count). The molecular formula is C19H23N3O. The molecule has 1 atom stereocenters. The molecule has 23 heavy (non-hydrogen) atoms. The van der Waals surface area contributed by atoms with Crippen molar-refractivity contribution in [2.24, 2.45) is 11.1 Å². The average Bonchev–Trinajstić information content (AvgIpc) is 2.98. The summed E-state index contributed by atoms with van der Waals surface area (Å²) in [6.45, 7) is 6.29. The van der Waals surface area contributed by atoms with Crippen molar-refractivity contribution in [2.45, 2.75) is 20.3 Å². The smallest absolute Gasteiger partial charge is 0.255 e. The Kier molecular flexibility index (Phi) is 4.18. The van der Waals surface area contributed by atoms with Crippen LogP contribution in [0.2, 0.25) is 0 Å². The number of amides is 1. The van der Waals surface area contributed by atoms with Crippen molar-refractivity contribution < 1.29 is 4.79 Å². The topological polar surface area (TPSA) is 59.2 Å². The first-order valence-electron chi connectivity index (χ1n) is 8.02. The number of rotatable bonds is 3. The number of likely N-dealkylation sites (tertiary alicyclic amines) is 1. The van der Waals surface area contributed by atoms with Crippen LogP contribution in [0.3, 0.4) is 0 Å². The number of carbonyl (C=O) groups excluding carboxylic acids is 1. The fourth-order valence-corrected chi connectivity index (χ4v) is 3.01. The number of hydrogen-bond acceptors (Lipinski definition) is 3. The van der Waals surface area contributed by atoms with Crippen molar-refractivity contribution in [3.8, 4) is 11.1 Å². The number of benzene rings is 1. The zero-order chi connectivity index (χ0) is 16.4. The third-order valence-electron chi connectivity index (χ3n) is 4.71. The second kappa shape index (κ2) is 6.13. The van der Waals surface area contributed by atoms with Crippen LogP contribution in [0.15, 0.2) is 42.7 Å². The Bertz CT molecular complexity index is 711. The summed E-state index contributed by atoms with van der Waals surface area (Å²) in [6, 6.07) is 10.2. The average molecular weight is 309 g/mol. The van der Waals surface area contributed by atoms with Crippen LogP contribution in [0.25, 0.3) is 11.1 Å². The summed E-state index contributed by atoms with van der Waals surface area (Å²) in [5, 5.41) is 0. The lowest BCUT2D eigenvalue weighted by atomic mass is 9.90. The monoisotopic (exact) mass is 309 g/mol. The summed E-state index contributed by atoms with van der Waals surface area (Å²) in [5.41, 5.74) is 9.77. The molecule has 1 saturated heterocycles. The van der Waals surface area contributed by atoms with E-state index in [2.05, 4.69) is 43.1 Å². The summed E-state index contributed by atoms with van der Waals surface area (Å²) in [5.74, 6) is 0.0450. The van der Waals surface area contributed by atoms with E-state index in [0.717, 1.165) is 30.6 Å². The van der Waals surface area contributed by atoms with E-state index in [-0.39, 0.29) is 11.3 Å². The molecule has 2 N–H and O–H groups in total. The van der Waals surface area contributed by atoms with Gasteiger partial charge in [0.15, 0.2) is 0 Å². The van der Waals surface area contributed by atoms with E-state index in [1.54, 1.807) is 12.4 Å². The van der Waals surface area contributed by atoms with Crippen LogP contribution in [-0.2, 0) is 0 Å². The molecule has 2 aromatic rings. The number of aryl methyl sites for hydroxylation is 1. The van der Waals surface area contributed by atoms with E-state index in [0.29, 0.717) is 12.1 Å². The van der Waals surface area contributed by atoms with E-state index in [1.165, 1.54) is 5.56 Å². The SMILES string of the molecule is Cc1ccc(-c2cncc(C(=O)N3CCC(C)(CN)C3)c2)cc1. The molecule has 1 aromatic carbocycles. The van der Waals surface area contributed by atoms with E-state index in [4.69, 9.17) is 5.73 Å².